The van der Waals surface area contributed by atoms with Crippen molar-refractivity contribution in [3.63, 3.8) is 0 Å². The molecule has 0 aliphatic heterocycles. The van der Waals surface area contributed by atoms with E-state index in [4.69, 9.17) is 0 Å². The first-order valence-corrected chi connectivity index (χ1v) is 6.05. The third kappa shape index (κ3) is 3.04. The first-order valence-electron chi connectivity index (χ1n) is 6.05. The van der Waals surface area contributed by atoms with Crippen LogP contribution >= 0.6 is 0 Å². The van der Waals surface area contributed by atoms with Gasteiger partial charge in [0.15, 0.2) is 6.17 Å². The zero-order valence-corrected chi connectivity index (χ0v) is 12.4. The summed E-state index contributed by atoms with van der Waals surface area (Å²) >= 11 is 0. The predicted octanol–water partition coefficient (Wildman–Crippen LogP) is 6.35. The van der Waals surface area contributed by atoms with Gasteiger partial charge in [-0.3, -0.25) is 0 Å². The number of halogens is 18. The Kier molecular flexibility index (Phi) is 6.08. The molecule has 0 fully saturated rings. The van der Waals surface area contributed by atoms with Crippen molar-refractivity contribution in [2.75, 3.05) is 0 Å². The van der Waals surface area contributed by atoms with Crippen molar-refractivity contribution in [2.24, 2.45) is 0 Å². The fraction of sp³-hybridized carbons (Fsp3) is 1.00. The molecule has 0 spiro atoms. The van der Waals surface area contributed by atoms with Gasteiger partial charge in [-0.15, -0.1) is 0 Å². The summed E-state index contributed by atoms with van der Waals surface area (Å²) in [5.41, 5.74) is 0. The zero-order chi connectivity index (χ0) is 23.6. The van der Waals surface area contributed by atoms with Crippen LogP contribution in [-0.4, -0.2) is 53.8 Å². The van der Waals surface area contributed by atoms with Gasteiger partial charge in [0.05, 0.1) is 0 Å². The Morgan fingerprint density at radius 3 is 0.821 bits per heavy atom. The van der Waals surface area contributed by atoms with E-state index in [1.54, 1.807) is 0 Å². The highest BCUT2D eigenvalue weighted by atomic mass is 19.4. The predicted molar refractivity (Wildman–Crippen MR) is 51.3 cm³/mol. The van der Waals surface area contributed by atoms with Gasteiger partial charge < -0.3 is 0 Å². The summed E-state index contributed by atoms with van der Waals surface area (Å²) in [7, 11) is 0. The second-order valence-electron chi connectivity index (χ2n) is 5.18. The summed E-state index contributed by atoms with van der Waals surface area (Å²) in [6.07, 6.45) is -12.3. The van der Waals surface area contributed by atoms with Crippen molar-refractivity contribution in [1.29, 1.82) is 0 Å². The second kappa shape index (κ2) is 6.37. The standard InChI is InChI=1S/C10H4F18/c1-2(11)3(12,13)4(14,15)5(16,17)6(18,19)7(20,21)8(22,23)9(24,25)10(26,27)28/h2H,1H3. The minimum absolute atomic E-state index is 0.688. The van der Waals surface area contributed by atoms with Crippen LogP contribution in [0.3, 0.4) is 0 Å². The van der Waals surface area contributed by atoms with Crippen molar-refractivity contribution in [1.82, 2.24) is 0 Å². The maximum absolute atomic E-state index is 13.1. The summed E-state index contributed by atoms with van der Waals surface area (Å²) in [4.78, 5) is 0. The molecule has 1 unspecified atom stereocenters. The molecule has 0 N–H and O–H groups in total. The highest BCUT2D eigenvalue weighted by Crippen LogP contribution is 2.64. The summed E-state index contributed by atoms with van der Waals surface area (Å²) in [6.45, 7) is -0.688. The molecule has 28 heavy (non-hydrogen) atoms. The molecule has 0 bridgehead atoms. The van der Waals surface area contributed by atoms with Crippen LogP contribution in [0.4, 0.5) is 79.0 Å². The smallest absolute Gasteiger partial charge is 0.241 e. The monoisotopic (exact) mass is 466 g/mol. The van der Waals surface area contributed by atoms with Crippen LogP contribution in [0.25, 0.3) is 0 Å². The van der Waals surface area contributed by atoms with Gasteiger partial charge in [-0.25, -0.2) is 4.39 Å². The molecule has 0 rings (SSSR count). The molecule has 0 radical (unpaired) electrons. The van der Waals surface area contributed by atoms with Gasteiger partial charge in [0, 0.05) is 0 Å². The van der Waals surface area contributed by atoms with Gasteiger partial charge in [-0.1, -0.05) is 0 Å². The van der Waals surface area contributed by atoms with E-state index < -0.39 is 60.7 Å². The maximum atomic E-state index is 13.1. The molecule has 0 amide bonds. The molecule has 18 heteroatoms. The lowest BCUT2D eigenvalue weighted by atomic mass is 9.88. The van der Waals surface area contributed by atoms with Crippen molar-refractivity contribution in [3.05, 3.63) is 0 Å². The van der Waals surface area contributed by atoms with Crippen LogP contribution in [0.1, 0.15) is 6.92 Å². The first-order chi connectivity index (χ1) is 11.7. The van der Waals surface area contributed by atoms with Crippen molar-refractivity contribution in [2.45, 2.75) is 60.7 Å². The van der Waals surface area contributed by atoms with Crippen LogP contribution in [0.15, 0.2) is 0 Å². The Morgan fingerprint density at radius 2 is 0.607 bits per heavy atom. The lowest BCUT2D eigenvalue weighted by molar-refractivity contribution is -0.463. The summed E-state index contributed by atoms with van der Waals surface area (Å²) in [5, 5.41) is 0. The van der Waals surface area contributed by atoms with E-state index in [2.05, 4.69) is 0 Å². The number of hydrogen-bond donors (Lipinski definition) is 0. The molecule has 0 aromatic rings. The summed E-state index contributed by atoms with van der Waals surface area (Å²) in [5.74, 6) is -57.5. The number of rotatable bonds is 7. The third-order valence-corrected chi connectivity index (χ3v) is 3.25. The van der Waals surface area contributed by atoms with Crippen LogP contribution in [0, 0.1) is 0 Å². The van der Waals surface area contributed by atoms with Crippen LogP contribution in [0.5, 0.6) is 0 Å². The largest absolute Gasteiger partial charge is 0.460 e. The molecule has 0 saturated carbocycles. The van der Waals surface area contributed by atoms with Crippen molar-refractivity contribution in [3.8, 4) is 0 Å². The van der Waals surface area contributed by atoms with E-state index in [1.165, 1.54) is 0 Å². The van der Waals surface area contributed by atoms with E-state index in [0.717, 1.165) is 0 Å². The molecular formula is C10H4F18. The van der Waals surface area contributed by atoms with Crippen LogP contribution in [0.2, 0.25) is 0 Å². The van der Waals surface area contributed by atoms with E-state index in [9.17, 15) is 79.0 Å². The lowest BCUT2D eigenvalue weighted by Gasteiger charge is -2.43. The Morgan fingerprint density at radius 1 is 0.393 bits per heavy atom. The quantitative estimate of drug-likeness (QED) is 0.384. The SMILES string of the molecule is CC(F)C(F)(F)C(F)(F)C(F)(F)C(F)(F)C(F)(F)C(F)(F)C(F)(F)C(F)(F)F. The third-order valence-electron chi connectivity index (χ3n) is 3.25. The molecule has 0 saturated heterocycles. The van der Waals surface area contributed by atoms with E-state index in [0.29, 0.717) is 0 Å². The van der Waals surface area contributed by atoms with Crippen molar-refractivity contribution < 1.29 is 79.0 Å². The van der Waals surface area contributed by atoms with E-state index >= 15 is 0 Å². The normalized spacial score (nSPS) is 17.7. The number of alkyl halides is 18. The molecule has 0 aliphatic carbocycles. The fourth-order valence-electron chi connectivity index (χ4n) is 1.43. The minimum atomic E-state index is -8.69. The summed E-state index contributed by atoms with van der Waals surface area (Å²) < 4.78 is 228. The highest BCUT2D eigenvalue weighted by Gasteiger charge is 2.95. The average Bonchev–Trinajstić information content (AvgIpc) is 2.44. The lowest BCUT2D eigenvalue weighted by Crippen LogP contribution is -2.75. The fourth-order valence-corrected chi connectivity index (χ4v) is 1.43. The molecule has 0 aromatic carbocycles. The van der Waals surface area contributed by atoms with Gasteiger partial charge in [0.25, 0.3) is 0 Å². The van der Waals surface area contributed by atoms with Gasteiger partial charge >= 0.3 is 47.6 Å². The number of hydrogen-bond acceptors (Lipinski definition) is 0. The Balaban J connectivity index is 6.72. The zero-order valence-electron chi connectivity index (χ0n) is 12.4. The second-order valence-corrected chi connectivity index (χ2v) is 5.18. The first kappa shape index (κ1) is 26.7. The van der Waals surface area contributed by atoms with Gasteiger partial charge in [-0.2, -0.15) is 74.6 Å². The van der Waals surface area contributed by atoms with E-state index in [1.807, 2.05) is 0 Å². The van der Waals surface area contributed by atoms with Gasteiger partial charge in [-0.05, 0) is 6.92 Å². The van der Waals surface area contributed by atoms with Crippen molar-refractivity contribution >= 4 is 0 Å². The minimum Gasteiger partial charge on any atom is -0.241 e. The van der Waals surface area contributed by atoms with E-state index in [-0.39, 0.29) is 0 Å². The topological polar surface area (TPSA) is 0 Å². The Labute approximate surface area is 141 Å². The molecule has 0 aliphatic rings. The average molecular weight is 466 g/mol. The summed E-state index contributed by atoms with van der Waals surface area (Å²) in [6, 6.07) is 0. The van der Waals surface area contributed by atoms with Gasteiger partial charge in [0.2, 0.25) is 0 Å². The highest BCUT2D eigenvalue weighted by molar-refractivity contribution is 5.15. The van der Waals surface area contributed by atoms with Crippen LogP contribution in [-0.2, 0) is 0 Å². The Bertz CT molecular complexity index is 565. The molecule has 0 aromatic heterocycles. The van der Waals surface area contributed by atoms with Crippen LogP contribution < -0.4 is 0 Å². The molecule has 1 atom stereocenters. The van der Waals surface area contributed by atoms with Gasteiger partial charge in [0.1, 0.15) is 0 Å². The molecule has 170 valence electrons. The Hall–Kier alpha value is -1.26. The maximum Gasteiger partial charge on any atom is 0.460 e. The molecule has 0 heterocycles. The molecular weight excluding hydrogens is 462 g/mol. The molecule has 0 nitrogen and oxygen atoms in total.